The summed E-state index contributed by atoms with van der Waals surface area (Å²) in [4.78, 5) is 20.3. The van der Waals surface area contributed by atoms with Crippen LogP contribution < -0.4 is 16.2 Å². The second kappa shape index (κ2) is 5.68. The van der Waals surface area contributed by atoms with Crippen molar-refractivity contribution < 1.29 is 0 Å². The topological polar surface area (TPSA) is 106 Å². The minimum atomic E-state index is -0.204. The quantitative estimate of drug-likeness (QED) is 0.862. The Balaban J connectivity index is 1.35. The van der Waals surface area contributed by atoms with Crippen LogP contribution in [-0.4, -0.2) is 38.1 Å². The van der Waals surface area contributed by atoms with Crippen LogP contribution in [0.2, 0.25) is 0 Å². The number of aromatic nitrogens is 5. The molecule has 3 heterocycles. The van der Waals surface area contributed by atoms with Gasteiger partial charge in [0.2, 0.25) is 5.95 Å². The van der Waals surface area contributed by atoms with Crippen LogP contribution in [-0.2, 0) is 6.54 Å². The van der Waals surface area contributed by atoms with Crippen molar-refractivity contribution in [1.82, 2.24) is 25.0 Å². The molecule has 1 saturated heterocycles. The molecule has 23 heavy (non-hydrogen) atoms. The zero-order valence-electron chi connectivity index (χ0n) is 13.0. The monoisotopic (exact) mass is 315 g/mol. The SMILES string of the molecule is Nc1nc(N2CCC(Cn3cc(C4CC4)nn3)CC2)cc(=O)[nH]1. The molecule has 0 aromatic carbocycles. The van der Waals surface area contributed by atoms with E-state index in [1.807, 2.05) is 4.68 Å². The van der Waals surface area contributed by atoms with E-state index in [1.165, 1.54) is 18.9 Å². The first kappa shape index (κ1) is 14.2. The molecule has 0 unspecified atom stereocenters. The molecular formula is C15H21N7O. The van der Waals surface area contributed by atoms with Crippen molar-refractivity contribution in [3.63, 3.8) is 0 Å². The molecule has 0 amide bonds. The van der Waals surface area contributed by atoms with Crippen LogP contribution in [0.3, 0.4) is 0 Å². The highest BCUT2D eigenvalue weighted by Gasteiger charge is 2.27. The van der Waals surface area contributed by atoms with Gasteiger partial charge in [-0.3, -0.25) is 14.5 Å². The van der Waals surface area contributed by atoms with Gasteiger partial charge in [0.1, 0.15) is 5.82 Å². The lowest BCUT2D eigenvalue weighted by atomic mass is 9.97. The van der Waals surface area contributed by atoms with E-state index in [-0.39, 0.29) is 11.5 Å². The van der Waals surface area contributed by atoms with Gasteiger partial charge in [-0.2, -0.15) is 4.98 Å². The number of H-pyrrole nitrogens is 1. The predicted octanol–water partition coefficient (Wildman–Crippen LogP) is 0.738. The molecule has 0 spiro atoms. The van der Waals surface area contributed by atoms with Gasteiger partial charge < -0.3 is 10.6 Å². The molecule has 0 bridgehead atoms. The first-order chi connectivity index (χ1) is 11.2. The van der Waals surface area contributed by atoms with Gasteiger partial charge >= 0.3 is 0 Å². The lowest BCUT2D eigenvalue weighted by molar-refractivity contribution is 0.338. The maximum Gasteiger partial charge on any atom is 0.254 e. The zero-order chi connectivity index (χ0) is 15.8. The molecule has 4 rings (SSSR count). The molecule has 2 aliphatic rings. The van der Waals surface area contributed by atoms with E-state index in [2.05, 4.69) is 31.4 Å². The molecule has 0 radical (unpaired) electrons. The summed E-state index contributed by atoms with van der Waals surface area (Å²) in [5.74, 6) is 2.07. The van der Waals surface area contributed by atoms with Crippen LogP contribution in [0, 0.1) is 5.92 Å². The zero-order valence-corrected chi connectivity index (χ0v) is 13.0. The Bertz CT molecular complexity index is 740. The number of anilines is 2. The smallest absolute Gasteiger partial charge is 0.254 e. The summed E-state index contributed by atoms with van der Waals surface area (Å²) in [6, 6.07) is 1.51. The Kier molecular flexibility index (Phi) is 3.51. The Morgan fingerprint density at radius 1 is 1.26 bits per heavy atom. The third-order valence-electron chi connectivity index (χ3n) is 4.68. The minimum Gasteiger partial charge on any atom is -0.369 e. The highest BCUT2D eigenvalue weighted by atomic mass is 16.1. The van der Waals surface area contributed by atoms with Gasteiger partial charge in [0.15, 0.2) is 0 Å². The molecule has 1 aliphatic heterocycles. The Hall–Kier alpha value is -2.38. The molecule has 1 saturated carbocycles. The van der Waals surface area contributed by atoms with Crippen molar-refractivity contribution in [2.75, 3.05) is 23.7 Å². The number of nitrogens with zero attached hydrogens (tertiary/aromatic N) is 5. The van der Waals surface area contributed by atoms with Crippen LogP contribution in [0.4, 0.5) is 11.8 Å². The van der Waals surface area contributed by atoms with E-state index >= 15 is 0 Å². The summed E-state index contributed by atoms with van der Waals surface area (Å²) in [7, 11) is 0. The van der Waals surface area contributed by atoms with Crippen molar-refractivity contribution in [3.05, 3.63) is 28.3 Å². The van der Waals surface area contributed by atoms with Gasteiger partial charge in [-0.1, -0.05) is 5.21 Å². The third-order valence-corrected chi connectivity index (χ3v) is 4.68. The highest BCUT2D eigenvalue weighted by Crippen LogP contribution is 2.38. The van der Waals surface area contributed by atoms with Crippen molar-refractivity contribution in [2.24, 2.45) is 5.92 Å². The van der Waals surface area contributed by atoms with Crippen molar-refractivity contribution in [3.8, 4) is 0 Å². The highest BCUT2D eigenvalue weighted by molar-refractivity contribution is 5.41. The summed E-state index contributed by atoms with van der Waals surface area (Å²) < 4.78 is 1.98. The Labute approximate surface area is 133 Å². The van der Waals surface area contributed by atoms with Crippen LogP contribution in [0.1, 0.15) is 37.3 Å². The lowest BCUT2D eigenvalue weighted by Crippen LogP contribution is -2.36. The van der Waals surface area contributed by atoms with Gasteiger partial charge in [0.25, 0.3) is 5.56 Å². The predicted molar refractivity (Wildman–Crippen MR) is 86.2 cm³/mol. The number of hydrogen-bond acceptors (Lipinski definition) is 6. The van der Waals surface area contributed by atoms with Crippen LogP contribution in [0.25, 0.3) is 0 Å². The maximum atomic E-state index is 11.5. The molecule has 3 N–H and O–H groups in total. The Morgan fingerprint density at radius 2 is 2.04 bits per heavy atom. The fraction of sp³-hybridized carbons (Fsp3) is 0.600. The summed E-state index contributed by atoms with van der Waals surface area (Å²) in [6.07, 6.45) is 6.70. The summed E-state index contributed by atoms with van der Waals surface area (Å²) in [6.45, 7) is 2.67. The molecule has 2 aromatic heterocycles. The van der Waals surface area contributed by atoms with Crippen molar-refractivity contribution in [1.29, 1.82) is 0 Å². The lowest BCUT2D eigenvalue weighted by Gasteiger charge is -2.32. The van der Waals surface area contributed by atoms with E-state index in [0.29, 0.717) is 17.7 Å². The number of hydrogen-bond donors (Lipinski definition) is 2. The largest absolute Gasteiger partial charge is 0.369 e. The Morgan fingerprint density at radius 3 is 2.74 bits per heavy atom. The molecule has 8 heteroatoms. The van der Waals surface area contributed by atoms with Crippen LogP contribution in [0.15, 0.2) is 17.1 Å². The van der Waals surface area contributed by atoms with E-state index in [1.54, 1.807) is 0 Å². The number of nitrogens with two attached hydrogens (primary N) is 1. The average molecular weight is 315 g/mol. The molecule has 2 fully saturated rings. The van der Waals surface area contributed by atoms with Gasteiger partial charge in [-0.05, 0) is 31.6 Å². The summed E-state index contributed by atoms with van der Waals surface area (Å²) in [5, 5.41) is 8.52. The van der Waals surface area contributed by atoms with Crippen molar-refractivity contribution >= 4 is 11.8 Å². The number of piperidine rings is 1. The fourth-order valence-corrected chi connectivity index (χ4v) is 3.20. The van der Waals surface area contributed by atoms with Crippen LogP contribution in [0.5, 0.6) is 0 Å². The first-order valence-corrected chi connectivity index (χ1v) is 8.19. The van der Waals surface area contributed by atoms with Gasteiger partial charge in [0.05, 0.1) is 5.69 Å². The van der Waals surface area contributed by atoms with Gasteiger partial charge in [-0.15, -0.1) is 5.10 Å². The number of rotatable bonds is 4. The summed E-state index contributed by atoms with van der Waals surface area (Å²) in [5.41, 5.74) is 6.56. The molecule has 8 nitrogen and oxygen atoms in total. The second-order valence-electron chi connectivity index (χ2n) is 6.56. The van der Waals surface area contributed by atoms with E-state index < -0.39 is 0 Å². The average Bonchev–Trinajstić information content (AvgIpc) is 3.27. The number of nitrogen functional groups attached to an aromatic ring is 1. The second-order valence-corrected chi connectivity index (χ2v) is 6.56. The molecule has 0 atom stereocenters. The first-order valence-electron chi connectivity index (χ1n) is 8.19. The van der Waals surface area contributed by atoms with Crippen LogP contribution >= 0.6 is 0 Å². The normalized spacial score (nSPS) is 19.2. The van der Waals surface area contributed by atoms with Gasteiger partial charge in [-0.25, -0.2) is 0 Å². The molecule has 2 aromatic rings. The van der Waals surface area contributed by atoms with Crippen molar-refractivity contribution in [2.45, 2.75) is 38.1 Å². The standard InChI is InChI=1S/C15H21N7O/c16-15-17-13(7-14(23)18-15)21-5-3-10(4-6-21)8-22-9-12(19-20-22)11-1-2-11/h7,9-11H,1-6,8H2,(H3,16,17,18,23). The van der Waals surface area contributed by atoms with E-state index in [9.17, 15) is 4.79 Å². The fourth-order valence-electron chi connectivity index (χ4n) is 3.20. The third kappa shape index (κ3) is 3.20. The maximum absolute atomic E-state index is 11.5. The van der Waals surface area contributed by atoms with Gasteiger partial charge in [0, 0.05) is 37.8 Å². The molecule has 122 valence electrons. The molecule has 1 aliphatic carbocycles. The summed E-state index contributed by atoms with van der Waals surface area (Å²) >= 11 is 0. The number of aromatic amines is 1. The minimum absolute atomic E-state index is 0.171. The molecular weight excluding hydrogens is 294 g/mol. The number of nitrogens with one attached hydrogen (secondary N) is 1. The van der Waals surface area contributed by atoms with E-state index in [4.69, 9.17) is 5.73 Å². The van der Waals surface area contributed by atoms with E-state index in [0.717, 1.165) is 38.2 Å².